The fraction of sp³-hybridized carbons (Fsp3) is 0.542. The molecule has 1 atom stereocenters. The lowest BCUT2D eigenvalue weighted by Gasteiger charge is -2.53. The molecule has 3 aliphatic carbocycles. The molecule has 30 heavy (non-hydrogen) atoms. The Bertz CT molecular complexity index is 968. The quantitative estimate of drug-likeness (QED) is 0.781. The average molecular weight is 407 g/mol. The average Bonchev–Trinajstić information content (AvgIpc) is 3.31. The lowest BCUT2D eigenvalue weighted by atomic mass is 9.55. The Kier molecular flexibility index (Phi) is 4.49. The van der Waals surface area contributed by atoms with Gasteiger partial charge in [-0.15, -0.1) is 0 Å². The van der Waals surface area contributed by atoms with Crippen molar-refractivity contribution in [3.8, 4) is 11.3 Å². The van der Waals surface area contributed by atoms with Crippen molar-refractivity contribution >= 4 is 11.8 Å². The first kappa shape index (κ1) is 19.3. The molecule has 1 unspecified atom stereocenters. The van der Waals surface area contributed by atoms with Crippen LogP contribution in [0.5, 0.6) is 0 Å². The van der Waals surface area contributed by atoms with Crippen molar-refractivity contribution in [2.75, 3.05) is 0 Å². The molecule has 2 amide bonds. The Morgan fingerprint density at radius 1 is 1.13 bits per heavy atom. The SMILES string of the molecule is CC(C)NC(=O)NC12CCC(C(=O)CC3c4ccccc4-c4cncn43)(CC1)CC2. The number of hydrogen-bond donors (Lipinski definition) is 2. The Balaban J connectivity index is 1.30. The van der Waals surface area contributed by atoms with E-state index in [1.54, 1.807) is 0 Å². The lowest BCUT2D eigenvalue weighted by molar-refractivity contribution is -0.136. The molecular formula is C24H30N4O2. The summed E-state index contributed by atoms with van der Waals surface area (Å²) in [4.78, 5) is 30.2. The summed E-state index contributed by atoms with van der Waals surface area (Å²) < 4.78 is 2.16. The number of nitrogens with one attached hydrogen (secondary N) is 2. The van der Waals surface area contributed by atoms with Crippen LogP contribution in [0.2, 0.25) is 0 Å². The van der Waals surface area contributed by atoms with Crippen molar-refractivity contribution in [2.24, 2.45) is 5.41 Å². The summed E-state index contributed by atoms with van der Waals surface area (Å²) >= 11 is 0. The van der Waals surface area contributed by atoms with E-state index in [0.717, 1.165) is 44.2 Å². The number of carbonyl (C=O) groups is 2. The Morgan fingerprint density at radius 3 is 2.53 bits per heavy atom. The molecule has 2 heterocycles. The van der Waals surface area contributed by atoms with Crippen molar-refractivity contribution in [3.63, 3.8) is 0 Å². The highest BCUT2D eigenvalue weighted by Gasteiger charge is 2.53. The zero-order chi connectivity index (χ0) is 20.9. The van der Waals surface area contributed by atoms with E-state index in [1.165, 1.54) is 11.1 Å². The third-order valence-corrected chi connectivity index (χ3v) is 7.61. The van der Waals surface area contributed by atoms with Gasteiger partial charge in [-0.3, -0.25) is 4.79 Å². The maximum absolute atomic E-state index is 13.6. The second-order valence-electron chi connectivity index (χ2n) is 9.73. The summed E-state index contributed by atoms with van der Waals surface area (Å²) in [7, 11) is 0. The van der Waals surface area contributed by atoms with E-state index in [1.807, 2.05) is 32.4 Å². The number of fused-ring (bicyclic) bond motifs is 6. The number of nitrogens with zero attached hydrogens (tertiary/aromatic N) is 2. The predicted octanol–water partition coefficient (Wildman–Crippen LogP) is 4.21. The van der Waals surface area contributed by atoms with Gasteiger partial charge in [-0.25, -0.2) is 9.78 Å². The molecule has 2 aromatic rings. The molecule has 0 radical (unpaired) electrons. The van der Waals surface area contributed by atoms with E-state index >= 15 is 0 Å². The van der Waals surface area contributed by atoms with E-state index in [2.05, 4.69) is 38.4 Å². The highest BCUT2D eigenvalue weighted by Crippen LogP contribution is 2.54. The van der Waals surface area contributed by atoms with Gasteiger partial charge < -0.3 is 15.2 Å². The van der Waals surface area contributed by atoms with Crippen LogP contribution in [0.4, 0.5) is 4.79 Å². The molecule has 0 saturated heterocycles. The number of aromatic nitrogens is 2. The zero-order valence-electron chi connectivity index (χ0n) is 17.8. The summed E-state index contributed by atoms with van der Waals surface area (Å²) in [6.07, 6.45) is 9.57. The van der Waals surface area contributed by atoms with Gasteiger partial charge in [0.15, 0.2) is 0 Å². The van der Waals surface area contributed by atoms with Crippen molar-refractivity contribution in [1.82, 2.24) is 20.2 Å². The maximum atomic E-state index is 13.6. The number of Topliss-reactive ketones (excluding diaryl/α,β-unsaturated/α-hetero) is 1. The van der Waals surface area contributed by atoms with Crippen molar-refractivity contribution in [3.05, 3.63) is 42.4 Å². The number of hydrogen-bond acceptors (Lipinski definition) is 3. The van der Waals surface area contributed by atoms with Crippen LogP contribution in [0.1, 0.15) is 70.4 Å². The van der Waals surface area contributed by atoms with Gasteiger partial charge in [-0.2, -0.15) is 0 Å². The fourth-order valence-electron chi connectivity index (χ4n) is 5.86. The molecule has 6 rings (SSSR count). The summed E-state index contributed by atoms with van der Waals surface area (Å²) in [5.41, 5.74) is 3.16. The Morgan fingerprint density at radius 2 is 1.83 bits per heavy atom. The van der Waals surface area contributed by atoms with Crippen LogP contribution in [0, 0.1) is 5.41 Å². The summed E-state index contributed by atoms with van der Waals surface area (Å²) in [5.74, 6) is 0.379. The zero-order valence-corrected chi connectivity index (χ0v) is 17.8. The molecule has 1 aromatic carbocycles. The first-order valence-electron chi connectivity index (χ1n) is 11.1. The Hall–Kier alpha value is -2.63. The van der Waals surface area contributed by atoms with Gasteiger partial charge in [0.25, 0.3) is 0 Å². The van der Waals surface area contributed by atoms with Crippen LogP contribution < -0.4 is 10.6 Å². The number of amides is 2. The van der Waals surface area contributed by atoms with Gasteiger partial charge in [-0.1, -0.05) is 24.3 Å². The molecule has 3 saturated carbocycles. The van der Waals surface area contributed by atoms with Crippen molar-refractivity contribution in [2.45, 2.75) is 76.4 Å². The van der Waals surface area contributed by atoms with Crippen molar-refractivity contribution < 1.29 is 9.59 Å². The largest absolute Gasteiger partial charge is 0.336 e. The number of rotatable bonds is 5. The van der Waals surface area contributed by atoms with Gasteiger partial charge in [0.05, 0.1) is 24.3 Å². The normalized spacial score (nSPS) is 28.8. The second-order valence-corrected chi connectivity index (χ2v) is 9.73. The molecule has 6 heteroatoms. The van der Waals surface area contributed by atoms with E-state index < -0.39 is 0 Å². The molecule has 0 spiro atoms. The predicted molar refractivity (Wildman–Crippen MR) is 115 cm³/mol. The van der Waals surface area contributed by atoms with Crippen LogP contribution in [-0.4, -0.2) is 32.9 Å². The minimum atomic E-state index is -0.226. The highest BCUT2D eigenvalue weighted by atomic mass is 16.2. The number of carbonyl (C=O) groups excluding carboxylic acids is 2. The monoisotopic (exact) mass is 406 g/mol. The number of urea groups is 1. The third kappa shape index (κ3) is 3.04. The maximum Gasteiger partial charge on any atom is 0.315 e. The molecule has 158 valence electrons. The standard InChI is InChI=1S/C24H30N4O2/c1-16(2)26-22(30)27-24-10-7-23(8-11-24,9-12-24)21(29)13-19-17-5-3-4-6-18(17)20-14-25-15-28(19)20/h3-6,14-16,19H,7-13H2,1-2H3,(H2,26,27,30). The molecule has 4 aliphatic rings. The minimum absolute atomic E-state index is 0.0455. The van der Waals surface area contributed by atoms with Gasteiger partial charge in [-0.05, 0) is 57.9 Å². The van der Waals surface area contributed by atoms with Crippen LogP contribution in [0.25, 0.3) is 11.3 Å². The summed E-state index contributed by atoms with van der Waals surface area (Å²) in [6, 6.07) is 8.44. The van der Waals surface area contributed by atoms with E-state index in [9.17, 15) is 9.59 Å². The van der Waals surface area contributed by atoms with E-state index in [4.69, 9.17) is 0 Å². The van der Waals surface area contributed by atoms with Crippen LogP contribution in [-0.2, 0) is 4.79 Å². The van der Waals surface area contributed by atoms with Gasteiger partial charge in [0.1, 0.15) is 5.78 Å². The molecule has 1 aromatic heterocycles. The molecule has 1 aliphatic heterocycles. The minimum Gasteiger partial charge on any atom is -0.336 e. The van der Waals surface area contributed by atoms with E-state index in [-0.39, 0.29) is 29.1 Å². The van der Waals surface area contributed by atoms with Crippen LogP contribution >= 0.6 is 0 Å². The smallest absolute Gasteiger partial charge is 0.315 e. The van der Waals surface area contributed by atoms with Crippen molar-refractivity contribution in [1.29, 1.82) is 0 Å². The number of ketones is 1. The van der Waals surface area contributed by atoms with Crippen LogP contribution in [0.3, 0.4) is 0 Å². The molecule has 2 bridgehead atoms. The molecular weight excluding hydrogens is 376 g/mol. The highest BCUT2D eigenvalue weighted by molar-refractivity contribution is 5.87. The third-order valence-electron chi connectivity index (χ3n) is 7.61. The van der Waals surface area contributed by atoms with E-state index in [0.29, 0.717) is 12.2 Å². The molecule has 2 N–H and O–H groups in total. The first-order chi connectivity index (χ1) is 14.4. The van der Waals surface area contributed by atoms with Gasteiger partial charge in [0.2, 0.25) is 0 Å². The fourth-order valence-corrected chi connectivity index (χ4v) is 5.86. The van der Waals surface area contributed by atoms with Crippen LogP contribution in [0.15, 0.2) is 36.8 Å². The summed E-state index contributed by atoms with van der Waals surface area (Å²) in [6.45, 7) is 3.94. The summed E-state index contributed by atoms with van der Waals surface area (Å²) in [5, 5.41) is 6.17. The lowest BCUT2D eigenvalue weighted by Crippen LogP contribution is -2.60. The molecule has 3 fully saturated rings. The number of imidazole rings is 1. The van der Waals surface area contributed by atoms with Gasteiger partial charge in [0, 0.05) is 29.0 Å². The Labute approximate surface area is 177 Å². The first-order valence-corrected chi connectivity index (χ1v) is 11.1. The topological polar surface area (TPSA) is 76.0 Å². The second kappa shape index (κ2) is 6.96. The number of benzene rings is 1. The van der Waals surface area contributed by atoms with Gasteiger partial charge >= 0.3 is 6.03 Å². The molecule has 6 nitrogen and oxygen atoms in total.